The minimum atomic E-state index is -0.552. The van der Waals surface area contributed by atoms with Gasteiger partial charge in [0, 0.05) is 11.6 Å². The highest BCUT2D eigenvalue weighted by Crippen LogP contribution is 2.24. The van der Waals surface area contributed by atoms with Crippen LogP contribution in [0.15, 0.2) is 36.4 Å². The minimum absolute atomic E-state index is 0.218. The molecule has 26 heavy (non-hydrogen) atoms. The van der Waals surface area contributed by atoms with Gasteiger partial charge in [-0.15, -0.1) is 0 Å². The molecule has 0 saturated heterocycles. The summed E-state index contributed by atoms with van der Waals surface area (Å²) in [4.78, 5) is 24.7. The van der Waals surface area contributed by atoms with E-state index in [-0.39, 0.29) is 11.1 Å². The second kappa shape index (κ2) is 8.61. The molecule has 0 aromatic heterocycles. The molecule has 0 saturated carbocycles. The SMILES string of the molecule is COc1cc(OC)cc(C(=O)NNC(=O)c2cc(OC)ccc2OC)c1. The van der Waals surface area contributed by atoms with Crippen molar-refractivity contribution in [3.63, 3.8) is 0 Å². The van der Waals surface area contributed by atoms with Gasteiger partial charge in [0.05, 0.1) is 34.0 Å². The highest BCUT2D eigenvalue weighted by molar-refractivity contribution is 6.01. The Morgan fingerprint density at radius 1 is 0.692 bits per heavy atom. The largest absolute Gasteiger partial charge is 0.497 e. The van der Waals surface area contributed by atoms with Crippen LogP contribution in [0.1, 0.15) is 20.7 Å². The molecule has 0 atom stereocenters. The Hall–Kier alpha value is -3.42. The summed E-state index contributed by atoms with van der Waals surface area (Å²) < 4.78 is 20.5. The molecule has 2 rings (SSSR count). The fourth-order valence-corrected chi connectivity index (χ4v) is 2.18. The first-order valence-electron chi connectivity index (χ1n) is 7.58. The lowest BCUT2D eigenvalue weighted by Crippen LogP contribution is -2.41. The Kier molecular flexibility index (Phi) is 6.26. The van der Waals surface area contributed by atoms with Crippen molar-refractivity contribution in [2.75, 3.05) is 28.4 Å². The van der Waals surface area contributed by atoms with Gasteiger partial charge >= 0.3 is 0 Å². The van der Waals surface area contributed by atoms with Crippen molar-refractivity contribution in [2.45, 2.75) is 0 Å². The zero-order chi connectivity index (χ0) is 19.1. The molecule has 0 bridgehead atoms. The van der Waals surface area contributed by atoms with Crippen molar-refractivity contribution in [3.8, 4) is 23.0 Å². The number of carbonyl (C=O) groups excluding carboxylic acids is 2. The van der Waals surface area contributed by atoms with Gasteiger partial charge in [-0.1, -0.05) is 0 Å². The molecule has 2 aromatic rings. The van der Waals surface area contributed by atoms with E-state index in [1.165, 1.54) is 46.6 Å². The molecule has 8 heteroatoms. The number of ether oxygens (including phenoxy) is 4. The second-order valence-corrected chi connectivity index (χ2v) is 5.08. The van der Waals surface area contributed by atoms with Crippen molar-refractivity contribution < 1.29 is 28.5 Å². The molecule has 2 N–H and O–H groups in total. The molecule has 2 amide bonds. The van der Waals surface area contributed by atoms with Gasteiger partial charge in [-0.05, 0) is 30.3 Å². The van der Waals surface area contributed by atoms with Crippen molar-refractivity contribution in [1.82, 2.24) is 10.9 Å². The van der Waals surface area contributed by atoms with Crippen molar-refractivity contribution in [2.24, 2.45) is 0 Å². The lowest BCUT2D eigenvalue weighted by molar-refractivity contribution is 0.0844. The van der Waals surface area contributed by atoms with Crippen LogP contribution < -0.4 is 29.8 Å². The molecule has 0 heterocycles. The summed E-state index contributed by atoms with van der Waals surface area (Å²) in [5.74, 6) is 0.660. The highest BCUT2D eigenvalue weighted by Gasteiger charge is 2.16. The second-order valence-electron chi connectivity index (χ2n) is 5.08. The van der Waals surface area contributed by atoms with Gasteiger partial charge in [-0.2, -0.15) is 0 Å². The fourth-order valence-electron chi connectivity index (χ4n) is 2.18. The van der Waals surface area contributed by atoms with Gasteiger partial charge in [-0.3, -0.25) is 20.4 Å². The van der Waals surface area contributed by atoms with Crippen LogP contribution in [-0.2, 0) is 0 Å². The van der Waals surface area contributed by atoms with Gasteiger partial charge in [0.2, 0.25) is 0 Å². The van der Waals surface area contributed by atoms with Crippen LogP contribution >= 0.6 is 0 Å². The predicted molar refractivity (Wildman–Crippen MR) is 94.0 cm³/mol. The fraction of sp³-hybridized carbons (Fsp3) is 0.222. The molecule has 0 spiro atoms. The van der Waals surface area contributed by atoms with Crippen LogP contribution in [0, 0.1) is 0 Å². The summed E-state index contributed by atoms with van der Waals surface area (Å²) >= 11 is 0. The highest BCUT2D eigenvalue weighted by atomic mass is 16.5. The summed E-state index contributed by atoms with van der Waals surface area (Å²) in [5, 5.41) is 0. The quantitative estimate of drug-likeness (QED) is 0.763. The average molecular weight is 360 g/mol. The number of hydrogen-bond acceptors (Lipinski definition) is 6. The first-order valence-corrected chi connectivity index (χ1v) is 7.58. The van der Waals surface area contributed by atoms with Crippen molar-refractivity contribution >= 4 is 11.8 Å². The number of rotatable bonds is 6. The predicted octanol–water partition coefficient (Wildman–Crippen LogP) is 1.80. The van der Waals surface area contributed by atoms with Crippen LogP contribution in [0.4, 0.5) is 0 Å². The first-order chi connectivity index (χ1) is 12.5. The summed E-state index contributed by atoms with van der Waals surface area (Å²) in [6, 6.07) is 9.46. The van der Waals surface area contributed by atoms with Crippen LogP contribution in [0.3, 0.4) is 0 Å². The van der Waals surface area contributed by atoms with E-state index in [9.17, 15) is 9.59 Å². The van der Waals surface area contributed by atoms with Crippen LogP contribution in [0.25, 0.3) is 0 Å². The third-order valence-electron chi connectivity index (χ3n) is 3.55. The Bertz CT molecular complexity index is 784. The number of hydrogen-bond donors (Lipinski definition) is 2. The van der Waals surface area contributed by atoms with Crippen molar-refractivity contribution in [3.05, 3.63) is 47.5 Å². The van der Waals surface area contributed by atoms with Crippen LogP contribution in [0.2, 0.25) is 0 Å². The monoisotopic (exact) mass is 360 g/mol. The number of amides is 2. The Balaban J connectivity index is 2.13. The Morgan fingerprint density at radius 2 is 1.27 bits per heavy atom. The number of carbonyl (C=O) groups is 2. The Morgan fingerprint density at radius 3 is 1.81 bits per heavy atom. The molecule has 0 fully saturated rings. The zero-order valence-corrected chi connectivity index (χ0v) is 14.9. The minimum Gasteiger partial charge on any atom is -0.497 e. The molecular weight excluding hydrogens is 340 g/mol. The topological polar surface area (TPSA) is 95.1 Å². The zero-order valence-electron chi connectivity index (χ0n) is 14.9. The Labute approximate surface area is 151 Å². The molecule has 138 valence electrons. The lowest BCUT2D eigenvalue weighted by atomic mass is 10.1. The molecule has 8 nitrogen and oxygen atoms in total. The number of nitrogens with one attached hydrogen (secondary N) is 2. The maximum absolute atomic E-state index is 12.4. The van der Waals surface area contributed by atoms with E-state index in [0.717, 1.165) is 0 Å². The molecule has 0 aliphatic heterocycles. The maximum Gasteiger partial charge on any atom is 0.273 e. The number of methoxy groups -OCH3 is 4. The van der Waals surface area contributed by atoms with Crippen molar-refractivity contribution in [1.29, 1.82) is 0 Å². The molecule has 0 aliphatic carbocycles. The molecule has 2 aromatic carbocycles. The van der Waals surface area contributed by atoms with Gasteiger partial charge < -0.3 is 18.9 Å². The van der Waals surface area contributed by atoms with E-state index < -0.39 is 11.8 Å². The normalized spacial score (nSPS) is 9.85. The van der Waals surface area contributed by atoms with Gasteiger partial charge in [0.25, 0.3) is 11.8 Å². The number of hydrazine groups is 1. The van der Waals surface area contributed by atoms with E-state index >= 15 is 0 Å². The average Bonchev–Trinajstić information content (AvgIpc) is 2.70. The molecule has 0 unspecified atom stereocenters. The van der Waals surface area contributed by atoms with Gasteiger partial charge in [-0.25, -0.2) is 0 Å². The summed E-state index contributed by atoms with van der Waals surface area (Å²) in [6.45, 7) is 0. The van der Waals surface area contributed by atoms with E-state index in [4.69, 9.17) is 18.9 Å². The number of benzene rings is 2. The van der Waals surface area contributed by atoms with Crippen LogP contribution in [0.5, 0.6) is 23.0 Å². The molecule has 0 radical (unpaired) electrons. The van der Waals surface area contributed by atoms with Gasteiger partial charge in [0.1, 0.15) is 23.0 Å². The van der Waals surface area contributed by atoms with E-state index in [0.29, 0.717) is 23.0 Å². The van der Waals surface area contributed by atoms with E-state index in [1.54, 1.807) is 18.2 Å². The molecule has 0 aliphatic rings. The third-order valence-corrected chi connectivity index (χ3v) is 3.55. The van der Waals surface area contributed by atoms with E-state index in [2.05, 4.69) is 10.9 Å². The molecular formula is C18H20N2O6. The maximum atomic E-state index is 12.4. The smallest absolute Gasteiger partial charge is 0.273 e. The summed E-state index contributed by atoms with van der Waals surface area (Å²) in [6.07, 6.45) is 0. The standard InChI is InChI=1S/C18H20N2O6/c1-23-12-5-6-16(26-4)15(10-12)18(22)20-19-17(21)11-7-13(24-2)9-14(8-11)25-3/h5-10H,1-4H3,(H,19,21)(H,20,22). The summed E-state index contributed by atoms with van der Waals surface area (Å²) in [7, 11) is 5.89. The lowest BCUT2D eigenvalue weighted by Gasteiger charge is -2.12. The first kappa shape index (κ1) is 18.9. The summed E-state index contributed by atoms with van der Waals surface area (Å²) in [5.41, 5.74) is 5.17. The van der Waals surface area contributed by atoms with Crippen LogP contribution in [-0.4, -0.2) is 40.3 Å². The van der Waals surface area contributed by atoms with Gasteiger partial charge in [0.15, 0.2) is 0 Å². The van der Waals surface area contributed by atoms with E-state index in [1.807, 2.05) is 0 Å². The third kappa shape index (κ3) is 4.35.